The van der Waals surface area contributed by atoms with Crippen molar-refractivity contribution in [1.82, 2.24) is 4.57 Å². The fraction of sp³-hybridized carbons (Fsp3) is 0.429. The zero-order valence-electron chi connectivity index (χ0n) is 21.1. The minimum absolute atomic E-state index is 0.206. The van der Waals surface area contributed by atoms with Gasteiger partial charge in [0.1, 0.15) is 12.4 Å². The van der Waals surface area contributed by atoms with Crippen LogP contribution in [-0.4, -0.2) is 12.9 Å². The van der Waals surface area contributed by atoms with E-state index >= 15 is 0 Å². The SMILES string of the molecule is CCc1c(-c2ccc(OCc3ccccc3)cc2)c(C)n(C)c1CO[Si](C)(C)C(C)(C)C. The van der Waals surface area contributed by atoms with Crippen LogP contribution in [0.25, 0.3) is 11.1 Å². The molecule has 0 bridgehead atoms. The smallest absolute Gasteiger partial charge is 0.192 e. The molecule has 0 aliphatic carbocycles. The summed E-state index contributed by atoms with van der Waals surface area (Å²) in [6.07, 6.45) is 0.986. The average molecular weight is 450 g/mol. The Bertz CT molecular complexity index is 1030. The molecule has 1 heterocycles. The summed E-state index contributed by atoms with van der Waals surface area (Å²) in [5, 5.41) is 0.206. The van der Waals surface area contributed by atoms with Crippen LogP contribution in [0.5, 0.6) is 5.75 Å². The fourth-order valence-electron chi connectivity index (χ4n) is 3.81. The second kappa shape index (κ2) is 9.68. The van der Waals surface area contributed by atoms with E-state index in [4.69, 9.17) is 9.16 Å². The summed E-state index contributed by atoms with van der Waals surface area (Å²) in [5.74, 6) is 0.894. The number of rotatable bonds is 8. The molecular weight excluding hydrogens is 410 g/mol. The molecule has 0 atom stereocenters. The van der Waals surface area contributed by atoms with Crippen LogP contribution >= 0.6 is 0 Å². The van der Waals surface area contributed by atoms with Gasteiger partial charge >= 0.3 is 0 Å². The van der Waals surface area contributed by atoms with Crippen molar-refractivity contribution >= 4 is 8.32 Å². The van der Waals surface area contributed by atoms with Crippen molar-refractivity contribution in [3.05, 3.63) is 77.1 Å². The molecule has 0 aliphatic rings. The van der Waals surface area contributed by atoms with Gasteiger partial charge in [-0.05, 0) is 60.3 Å². The van der Waals surface area contributed by atoms with Crippen molar-refractivity contribution in [2.75, 3.05) is 0 Å². The molecule has 0 unspecified atom stereocenters. The molecule has 0 N–H and O–H groups in total. The first-order valence-electron chi connectivity index (χ1n) is 11.6. The Morgan fingerprint density at radius 2 is 1.53 bits per heavy atom. The summed E-state index contributed by atoms with van der Waals surface area (Å²) >= 11 is 0. The molecule has 0 spiro atoms. The molecule has 0 aliphatic heterocycles. The van der Waals surface area contributed by atoms with E-state index in [1.807, 2.05) is 18.2 Å². The monoisotopic (exact) mass is 449 g/mol. The molecule has 0 saturated carbocycles. The Hall–Kier alpha value is -2.30. The van der Waals surface area contributed by atoms with Crippen molar-refractivity contribution < 1.29 is 9.16 Å². The number of benzene rings is 2. The van der Waals surface area contributed by atoms with Crippen LogP contribution in [0.3, 0.4) is 0 Å². The van der Waals surface area contributed by atoms with Crippen LogP contribution in [0.4, 0.5) is 0 Å². The number of hydrogen-bond acceptors (Lipinski definition) is 2. The van der Waals surface area contributed by atoms with Crippen LogP contribution in [0.2, 0.25) is 18.1 Å². The fourth-order valence-corrected chi connectivity index (χ4v) is 4.74. The van der Waals surface area contributed by atoms with Crippen molar-refractivity contribution in [1.29, 1.82) is 0 Å². The first kappa shape index (κ1) is 24.3. The van der Waals surface area contributed by atoms with Gasteiger partial charge in [-0.1, -0.05) is 70.2 Å². The second-order valence-corrected chi connectivity index (χ2v) is 15.0. The van der Waals surface area contributed by atoms with E-state index in [9.17, 15) is 0 Å². The molecule has 3 nitrogen and oxygen atoms in total. The van der Waals surface area contributed by atoms with Gasteiger partial charge in [-0.3, -0.25) is 0 Å². The maximum atomic E-state index is 6.60. The highest BCUT2D eigenvalue weighted by molar-refractivity contribution is 6.74. The quantitative estimate of drug-likeness (QED) is 0.329. The Balaban J connectivity index is 1.82. The molecule has 0 saturated heterocycles. The third-order valence-corrected chi connectivity index (χ3v) is 11.5. The number of ether oxygens (including phenoxy) is 1. The largest absolute Gasteiger partial charge is 0.489 e. The van der Waals surface area contributed by atoms with Crippen molar-refractivity contribution in [2.24, 2.45) is 7.05 Å². The standard InChI is InChI=1S/C28H39NO2Si/c1-9-25-26(20-31-32(7,8)28(3,4)5)29(6)21(2)27(25)23-15-17-24(18-16-23)30-19-22-13-11-10-12-14-22/h10-18H,9,19-20H2,1-8H3. The van der Waals surface area contributed by atoms with Crippen LogP contribution in [0, 0.1) is 6.92 Å². The third-order valence-electron chi connectivity index (χ3n) is 7.04. The van der Waals surface area contributed by atoms with Gasteiger partial charge in [-0.25, -0.2) is 0 Å². The predicted octanol–water partition coefficient (Wildman–Crippen LogP) is 7.66. The molecule has 1 aromatic heterocycles. The van der Waals surface area contributed by atoms with E-state index in [1.165, 1.54) is 33.6 Å². The van der Waals surface area contributed by atoms with Gasteiger partial charge in [0.05, 0.1) is 6.61 Å². The molecular formula is C28H39NO2Si. The lowest BCUT2D eigenvalue weighted by molar-refractivity contribution is 0.267. The Labute approximate surface area is 195 Å². The van der Waals surface area contributed by atoms with Gasteiger partial charge in [-0.2, -0.15) is 0 Å². The van der Waals surface area contributed by atoms with E-state index in [0.29, 0.717) is 13.2 Å². The molecule has 172 valence electrons. The first-order chi connectivity index (χ1) is 15.0. The van der Waals surface area contributed by atoms with Gasteiger partial charge in [0.25, 0.3) is 0 Å². The normalized spacial score (nSPS) is 12.2. The summed E-state index contributed by atoms with van der Waals surface area (Å²) in [6, 6.07) is 18.8. The van der Waals surface area contributed by atoms with Gasteiger partial charge in [0.15, 0.2) is 8.32 Å². The Morgan fingerprint density at radius 1 is 0.906 bits per heavy atom. The topological polar surface area (TPSA) is 23.4 Å². The highest BCUT2D eigenvalue weighted by Crippen LogP contribution is 2.39. The Kier molecular flexibility index (Phi) is 7.36. The van der Waals surface area contributed by atoms with Crippen molar-refractivity contribution in [2.45, 2.75) is 72.4 Å². The molecule has 3 aromatic rings. The maximum Gasteiger partial charge on any atom is 0.192 e. The molecule has 4 heteroatoms. The van der Waals surface area contributed by atoms with E-state index in [1.54, 1.807) is 0 Å². The van der Waals surface area contributed by atoms with Crippen molar-refractivity contribution in [3.63, 3.8) is 0 Å². The van der Waals surface area contributed by atoms with Crippen molar-refractivity contribution in [3.8, 4) is 16.9 Å². The van der Waals surface area contributed by atoms with E-state index in [-0.39, 0.29) is 5.04 Å². The predicted molar refractivity (Wildman–Crippen MR) is 138 cm³/mol. The van der Waals surface area contributed by atoms with Crippen LogP contribution < -0.4 is 4.74 Å². The number of aromatic nitrogens is 1. The summed E-state index contributed by atoms with van der Waals surface area (Å²) in [4.78, 5) is 0. The second-order valence-electron chi connectivity index (χ2n) is 10.1. The summed E-state index contributed by atoms with van der Waals surface area (Å²) < 4.78 is 14.9. The average Bonchev–Trinajstić information content (AvgIpc) is 3.00. The molecule has 32 heavy (non-hydrogen) atoms. The summed E-state index contributed by atoms with van der Waals surface area (Å²) in [6.45, 7) is 17.2. The van der Waals surface area contributed by atoms with Gasteiger partial charge in [-0.15, -0.1) is 0 Å². The number of nitrogens with zero attached hydrogens (tertiary/aromatic N) is 1. The minimum Gasteiger partial charge on any atom is -0.489 e. The van der Waals surface area contributed by atoms with Crippen LogP contribution in [0.1, 0.15) is 50.2 Å². The zero-order valence-corrected chi connectivity index (χ0v) is 22.1. The van der Waals surface area contributed by atoms with Crippen LogP contribution in [-0.2, 0) is 31.1 Å². The maximum absolute atomic E-state index is 6.60. The minimum atomic E-state index is -1.81. The van der Waals surface area contributed by atoms with Gasteiger partial charge < -0.3 is 13.7 Å². The lowest BCUT2D eigenvalue weighted by Gasteiger charge is -2.36. The Morgan fingerprint density at radius 3 is 2.09 bits per heavy atom. The van der Waals surface area contributed by atoms with Gasteiger partial charge in [0, 0.05) is 24.0 Å². The third kappa shape index (κ3) is 5.19. The first-order valence-corrected chi connectivity index (χ1v) is 14.5. The van der Waals surface area contributed by atoms with E-state index in [0.717, 1.165) is 12.2 Å². The molecule has 0 radical (unpaired) electrons. The lowest BCUT2D eigenvalue weighted by atomic mass is 9.99. The molecule has 3 rings (SSSR count). The lowest BCUT2D eigenvalue weighted by Crippen LogP contribution is -2.40. The van der Waals surface area contributed by atoms with Crippen LogP contribution in [0.15, 0.2) is 54.6 Å². The molecule has 0 fully saturated rings. The molecule has 2 aromatic carbocycles. The molecule has 0 amide bonds. The summed E-state index contributed by atoms with van der Waals surface area (Å²) in [7, 11) is 0.358. The van der Waals surface area contributed by atoms with E-state index < -0.39 is 8.32 Å². The zero-order chi connectivity index (χ0) is 23.5. The highest BCUT2D eigenvalue weighted by atomic mass is 28.4. The van der Waals surface area contributed by atoms with E-state index in [2.05, 4.69) is 95.7 Å². The highest BCUT2D eigenvalue weighted by Gasteiger charge is 2.37. The van der Waals surface area contributed by atoms with Gasteiger partial charge in [0.2, 0.25) is 0 Å². The number of hydrogen-bond donors (Lipinski definition) is 0. The summed E-state index contributed by atoms with van der Waals surface area (Å²) in [5.41, 5.74) is 7.72.